The molecule has 2 N–H and O–H groups in total. The third-order valence-electron chi connectivity index (χ3n) is 2.99. The van der Waals surface area contributed by atoms with E-state index in [0.29, 0.717) is 31.7 Å². The molecule has 0 aliphatic rings. The zero-order valence-corrected chi connectivity index (χ0v) is 13.5. The summed E-state index contributed by atoms with van der Waals surface area (Å²) in [7, 11) is -1.99. The van der Waals surface area contributed by atoms with Crippen LogP contribution in [0, 0.1) is 12.7 Å². The number of sulfonamides is 1. The van der Waals surface area contributed by atoms with Gasteiger partial charge < -0.3 is 10.1 Å². The highest BCUT2D eigenvalue weighted by atomic mass is 32.2. The molecule has 1 aromatic carbocycles. The van der Waals surface area contributed by atoms with Crippen LogP contribution in [0.1, 0.15) is 24.5 Å². The van der Waals surface area contributed by atoms with Crippen LogP contribution in [0.3, 0.4) is 0 Å². The molecule has 1 aromatic rings. The predicted octanol–water partition coefficient (Wildman–Crippen LogP) is 1.56. The van der Waals surface area contributed by atoms with Gasteiger partial charge in [-0.2, -0.15) is 0 Å². The molecule has 0 bridgehead atoms. The van der Waals surface area contributed by atoms with Crippen molar-refractivity contribution in [2.45, 2.75) is 31.7 Å². The van der Waals surface area contributed by atoms with Gasteiger partial charge in [0.1, 0.15) is 5.82 Å². The maximum absolute atomic E-state index is 13.8. The van der Waals surface area contributed by atoms with Crippen molar-refractivity contribution in [1.82, 2.24) is 10.0 Å². The van der Waals surface area contributed by atoms with Crippen molar-refractivity contribution in [2.75, 3.05) is 26.8 Å². The van der Waals surface area contributed by atoms with Gasteiger partial charge in [-0.25, -0.2) is 17.5 Å². The standard InChI is InChI=1S/C14H23FN2O3S/c1-4-20-7-5-6-17-21(18,19)14-9-12(10-16-3)8-13(15)11(14)2/h8-9,16-17H,4-7,10H2,1-3H3. The Morgan fingerprint density at radius 1 is 1.33 bits per heavy atom. The SMILES string of the molecule is CCOCCCNS(=O)(=O)c1cc(CNC)cc(F)c1C. The van der Waals surface area contributed by atoms with E-state index < -0.39 is 15.8 Å². The molecule has 0 amide bonds. The summed E-state index contributed by atoms with van der Waals surface area (Å²) in [5.74, 6) is -0.516. The quantitative estimate of drug-likeness (QED) is 0.678. The number of nitrogens with one attached hydrogen (secondary N) is 2. The van der Waals surface area contributed by atoms with E-state index in [4.69, 9.17) is 4.74 Å². The molecule has 0 radical (unpaired) electrons. The second kappa shape index (κ2) is 8.43. The summed E-state index contributed by atoms with van der Waals surface area (Å²) in [6.45, 7) is 5.11. The minimum atomic E-state index is -3.71. The van der Waals surface area contributed by atoms with Crippen LogP contribution >= 0.6 is 0 Å². The van der Waals surface area contributed by atoms with Gasteiger partial charge in [0.2, 0.25) is 10.0 Å². The molecule has 0 spiro atoms. The topological polar surface area (TPSA) is 67.4 Å². The zero-order chi connectivity index (χ0) is 15.9. The monoisotopic (exact) mass is 318 g/mol. The fraction of sp³-hybridized carbons (Fsp3) is 0.571. The van der Waals surface area contributed by atoms with Gasteiger partial charge in [0.25, 0.3) is 0 Å². The van der Waals surface area contributed by atoms with E-state index in [-0.39, 0.29) is 17.0 Å². The molecule has 7 heteroatoms. The molecule has 21 heavy (non-hydrogen) atoms. The van der Waals surface area contributed by atoms with E-state index >= 15 is 0 Å². The predicted molar refractivity (Wildman–Crippen MR) is 80.2 cm³/mol. The molecular formula is C14H23FN2O3S. The zero-order valence-electron chi connectivity index (χ0n) is 12.7. The molecule has 0 aliphatic carbocycles. The van der Waals surface area contributed by atoms with E-state index in [2.05, 4.69) is 10.0 Å². The Labute approximate surface area is 125 Å². The summed E-state index contributed by atoms with van der Waals surface area (Å²) in [6.07, 6.45) is 0.574. The highest BCUT2D eigenvalue weighted by molar-refractivity contribution is 7.89. The van der Waals surface area contributed by atoms with E-state index in [1.807, 2.05) is 6.92 Å². The molecule has 0 aliphatic heterocycles. The van der Waals surface area contributed by atoms with Gasteiger partial charge in [0, 0.05) is 31.9 Å². The first-order valence-corrected chi connectivity index (χ1v) is 8.41. The van der Waals surface area contributed by atoms with Crippen LogP contribution in [0.5, 0.6) is 0 Å². The molecule has 120 valence electrons. The van der Waals surface area contributed by atoms with Crippen LogP contribution in [-0.4, -0.2) is 35.2 Å². The highest BCUT2D eigenvalue weighted by Gasteiger charge is 2.19. The summed E-state index contributed by atoms with van der Waals surface area (Å²) in [5.41, 5.74) is 0.724. The Balaban J connectivity index is 2.86. The maximum atomic E-state index is 13.8. The van der Waals surface area contributed by atoms with Gasteiger partial charge in [0.05, 0.1) is 4.90 Å². The minimum Gasteiger partial charge on any atom is -0.382 e. The Bertz CT molecular complexity index is 562. The molecule has 5 nitrogen and oxygen atoms in total. The molecule has 1 rings (SSSR count). The van der Waals surface area contributed by atoms with Crippen LogP contribution in [0.4, 0.5) is 4.39 Å². The number of rotatable bonds is 9. The minimum absolute atomic E-state index is 0.0100. The molecule has 0 aromatic heterocycles. The van der Waals surface area contributed by atoms with Crippen molar-refractivity contribution in [3.8, 4) is 0 Å². The number of halogens is 1. The average molecular weight is 318 g/mol. The third kappa shape index (κ3) is 5.35. The first-order valence-electron chi connectivity index (χ1n) is 6.93. The van der Waals surface area contributed by atoms with Crippen molar-refractivity contribution in [3.05, 3.63) is 29.1 Å². The Kier molecular flexibility index (Phi) is 7.24. The smallest absolute Gasteiger partial charge is 0.240 e. The van der Waals surface area contributed by atoms with Crippen LogP contribution in [0.15, 0.2) is 17.0 Å². The van der Waals surface area contributed by atoms with Crippen molar-refractivity contribution in [3.63, 3.8) is 0 Å². The van der Waals surface area contributed by atoms with Gasteiger partial charge in [0.15, 0.2) is 0 Å². The Morgan fingerprint density at radius 2 is 2.05 bits per heavy atom. The summed E-state index contributed by atoms with van der Waals surface area (Å²) < 4.78 is 46.0. The molecular weight excluding hydrogens is 295 g/mol. The molecule has 0 heterocycles. The van der Waals surface area contributed by atoms with Crippen LogP contribution < -0.4 is 10.0 Å². The highest BCUT2D eigenvalue weighted by Crippen LogP contribution is 2.20. The van der Waals surface area contributed by atoms with Gasteiger partial charge in [-0.1, -0.05) is 0 Å². The first kappa shape index (κ1) is 18.0. The number of ether oxygens (including phenoxy) is 1. The largest absolute Gasteiger partial charge is 0.382 e. The number of hydrogen-bond donors (Lipinski definition) is 2. The van der Waals surface area contributed by atoms with E-state index in [0.717, 1.165) is 0 Å². The summed E-state index contributed by atoms with van der Waals surface area (Å²) >= 11 is 0. The second-order valence-corrected chi connectivity index (χ2v) is 6.41. The molecule has 0 atom stereocenters. The average Bonchev–Trinajstić information content (AvgIpc) is 2.42. The summed E-state index contributed by atoms with van der Waals surface area (Å²) in [6, 6.07) is 2.85. The van der Waals surface area contributed by atoms with Crippen LogP contribution in [0.25, 0.3) is 0 Å². The van der Waals surface area contributed by atoms with Gasteiger partial charge in [-0.05, 0) is 45.0 Å². The molecule has 0 saturated heterocycles. The summed E-state index contributed by atoms with van der Waals surface area (Å²) in [4.78, 5) is -0.0100. The van der Waals surface area contributed by atoms with Crippen LogP contribution in [0.2, 0.25) is 0 Å². The number of hydrogen-bond acceptors (Lipinski definition) is 4. The Hall–Kier alpha value is -1.02. The molecule has 0 unspecified atom stereocenters. The van der Waals surface area contributed by atoms with Gasteiger partial charge in [-0.15, -0.1) is 0 Å². The molecule has 0 fully saturated rings. The van der Waals surface area contributed by atoms with Crippen molar-refractivity contribution in [1.29, 1.82) is 0 Å². The second-order valence-electron chi connectivity index (χ2n) is 4.68. The van der Waals surface area contributed by atoms with Gasteiger partial charge >= 0.3 is 0 Å². The normalized spacial score (nSPS) is 11.8. The fourth-order valence-corrected chi connectivity index (χ4v) is 3.27. The lowest BCUT2D eigenvalue weighted by Crippen LogP contribution is -2.27. The number of benzene rings is 1. The van der Waals surface area contributed by atoms with Gasteiger partial charge in [-0.3, -0.25) is 0 Å². The van der Waals surface area contributed by atoms with Crippen molar-refractivity contribution in [2.24, 2.45) is 0 Å². The first-order chi connectivity index (χ1) is 9.92. The lowest BCUT2D eigenvalue weighted by atomic mass is 10.1. The fourth-order valence-electron chi connectivity index (χ4n) is 1.90. The van der Waals surface area contributed by atoms with Crippen molar-refractivity contribution < 1.29 is 17.5 Å². The van der Waals surface area contributed by atoms with E-state index in [1.165, 1.54) is 19.1 Å². The third-order valence-corrected chi connectivity index (χ3v) is 4.58. The van der Waals surface area contributed by atoms with Crippen LogP contribution in [-0.2, 0) is 21.3 Å². The van der Waals surface area contributed by atoms with E-state index in [9.17, 15) is 12.8 Å². The summed E-state index contributed by atoms with van der Waals surface area (Å²) in [5, 5.41) is 2.88. The Morgan fingerprint density at radius 3 is 2.67 bits per heavy atom. The maximum Gasteiger partial charge on any atom is 0.240 e. The van der Waals surface area contributed by atoms with E-state index in [1.54, 1.807) is 7.05 Å². The lowest BCUT2D eigenvalue weighted by molar-refractivity contribution is 0.146. The molecule has 0 saturated carbocycles. The van der Waals surface area contributed by atoms with Crippen molar-refractivity contribution >= 4 is 10.0 Å². The lowest BCUT2D eigenvalue weighted by Gasteiger charge is -2.12.